The first kappa shape index (κ1) is 16.2. The maximum Gasteiger partial charge on any atom is 0.274 e. The second-order valence-corrected chi connectivity index (χ2v) is 6.79. The molecule has 0 radical (unpaired) electrons. The number of carbonyl (C=O) groups is 1. The average Bonchev–Trinajstić information content (AvgIpc) is 2.45. The Morgan fingerprint density at radius 3 is 2.90 bits per heavy atom. The predicted molar refractivity (Wildman–Crippen MR) is 79.0 cm³/mol. The summed E-state index contributed by atoms with van der Waals surface area (Å²) < 4.78 is 24.1. The number of aromatic nitrogens is 1. The van der Waals surface area contributed by atoms with E-state index in [4.69, 9.17) is 16.7 Å². The van der Waals surface area contributed by atoms with Crippen LogP contribution in [0.15, 0.2) is 18.3 Å². The molecule has 116 valence electrons. The molecule has 1 unspecified atom stereocenters. The van der Waals surface area contributed by atoms with Gasteiger partial charge in [0.15, 0.2) is 0 Å². The number of rotatable bonds is 4. The number of amides is 1. The lowest BCUT2D eigenvalue weighted by atomic mass is 9.98. The van der Waals surface area contributed by atoms with Crippen LogP contribution in [0.3, 0.4) is 0 Å². The molecule has 1 aliphatic heterocycles. The number of hydrogen-bond donors (Lipinski definition) is 2. The van der Waals surface area contributed by atoms with Crippen LogP contribution in [0.2, 0.25) is 5.15 Å². The van der Waals surface area contributed by atoms with E-state index in [1.54, 1.807) is 17.0 Å². The van der Waals surface area contributed by atoms with Gasteiger partial charge >= 0.3 is 0 Å². The lowest BCUT2D eigenvalue weighted by Gasteiger charge is -2.32. The van der Waals surface area contributed by atoms with Crippen molar-refractivity contribution in [3.63, 3.8) is 0 Å². The van der Waals surface area contributed by atoms with Crippen molar-refractivity contribution in [2.24, 2.45) is 11.1 Å². The fourth-order valence-corrected chi connectivity index (χ4v) is 2.91. The van der Waals surface area contributed by atoms with Gasteiger partial charge in [-0.05, 0) is 30.9 Å². The minimum absolute atomic E-state index is 0.0567. The Labute approximate surface area is 128 Å². The Morgan fingerprint density at radius 2 is 2.29 bits per heavy atom. The van der Waals surface area contributed by atoms with E-state index in [9.17, 15) is 13.2 Å². The number of nitrogens with two attached hydrogens (primary N) is 1. The van der Waals surface area contributed by atoms with Crippen molar-refractivity contribution in [1.29, 1.82) is 0 Å². The highest BCUT2D eigenvalue weighted by molar-refractivity contribution is 7.87. The number of carbonyl (C=O) groups excluding carboxylic acids is 1. The van der Waals surface area contributed by atoms with Crippen molar-refractivity contribution < 1.29 is 13.2 Å². The zero-order valence-corrected chi connectivity index (χ0v) is 12.9. The molecule has 3 N–H and O–H groups in total. The molecule has 7 nitrogen and oxygen atoms in total. The van der Waals surface area contributed by atoms with Gasteiger partial charge in [0.25, 0.3) is 16.1 Å². The molecule has 1 amide bonds. The number of nitrogens with zero attached hydrogens (tertiary/aromatic N) is 2. The van der Waals surface area contributed by atoms with Crippen LogP contribution in [0, 0.1) is 5.92 Å². The zero-order valence-electron chi connectivity index (χ0n) is 11.3. The molecule has 0 aliphatic carbocycles. The van der Waals surface area contributed by atoms with Gasteiger partial charge in [0.05, 0.1) is 5.56 Å². The van der Waals surface area contributed by atoms with Gasteiger partial charge in [-0.15, -0.1) is 0 Å². The van der Waals surface area contributed by atoms with Crippen molar-refractivity contribution in [2.45, 2.75) is 12.8 Å². The van der Waals surface area contributed by atoms with Gasteiger partial charge in [-0.25, -0.2) is 14.8 Å². The van der Waals surface area contributed by atoms with E-state index >= 15 is 0 Å². The summed E-state index contributed by atoms with van der Waals surface area (Å²) in [6.07, 6.45) is 3.12. The lowest BCUT2D eigenvalue weighted by molar-refractivity contribution is 0.0676. The Balaban J connectivity index is 1.97. The molecule has 1 aliphatic rings. The van der Waals surface area contributed by atoms with E-state index in [-0.39, 0.29) is 18.4 Å². The fraction of sp³-hybridized carbons (Fsp3) is 0.500. The monoisotopic (exact) mass is 332 g/mol. The first-order valence-electron chi connectivity index (χ1n) is 6.53. The van der Waals surface area contributed by atoms with Crippen LogP contribution in [0.4, 0.5) is 0 Å². The molecule has 0 spiro atoms. The van der Waals surface area contributed by atoms with E-state index in [0.29, 0.717) is 23.8 Å². The fourth-order valence-electron chi connectivity index (χ4n) is 2.34. The summed E-state index contributed by atoms with van der Waals surface area (Å²) >= 11 is 5.70. The topological polar surface area (TPSA) is 105 Å². The molecule has 1 fully saturated rings. The third kappa shape index (κ3) is 4.92. The highest BCUT2D eigenvalue weighted by Crippen LogP contribution is 2.18. The van der Waals surface area contributed by atoms with E-state index < -0.39 is 10.2 Å². The van der Waals surface area contributed by atoms with Gasteiger partial charge < -0.3 is 4.90 Å². The Bertz CT molecular complexity index is 605. The van der Waals surface area contributed by atoms with Gasteiger partial charge in [0.2, 0.25) is 0 Å². The van der Waals surface area contributed by atoms with Crippen LogP contribution in [-0.2, 0) is 10.2 Å². The van der Waals surface area contributed by atoms with Crippen molar-refractivity contribution in [3.05, 3.63) is 29.0 Å². The first-order chi connectivity index (χ1) is 9.85. The molecule has 2 rings (SSSR count). The molecule has 1 aromatic rings. The SMILES string of the molecule is NS(=O)(=O)NCC1CCCN(C(=O)c2ccc(Cl)nc2)C1. The van der Waals surface area contributed by atoms with Crippen molar-refractivity contribution in [3.8, 4) is 0 Å². The quantitative estimate of drug-likeness (QED) is 0.777. The van der Waals surface area contributed by atoms with Crippen molar-refractivity contribution in [1.82, 2.24) is 14.6 Å². The number of likely N-dealkylation sites (tertiary alicyclic amines) is 1. The minimum Gasteiger partial charge on any atom is -0.338 e. The zero-order chi connectivity index (χ0) is 15.5. The summed E-state index contributed by atoms with van der Waals surface area (Å²) in [5.41, 5.74) is 0.472. The standard InChI is InChI=1S/C12H17ClN4O3S/c13-11-4-3-10(7-15-11)12(18)17-5-1-2-9(8-17)6-16-21(14,19)20/h3-4,7,9,16H,1-2,5-6,8H2,(H2,14,19,20). The van der Waals surface area contributed by atoms with Gasteiger partial charge in [-0.1, -0.05) is 11.6 Å². The number of pyridine rings is 1. The Morgan fingerprint density at radius 1 is 1.52 bits per heavy atom. The number of halogens is 1. The van der Waals surface area contributed by atoms with Gasteiger partial charge in [-0.3, -0.25) is 4.79 Å². The maximum atomic E-state index is 12.3. The normalized spacial score (nSPS) is 19.5. The molecule has 0 saturated carbocycles. The molecule has 1 saturated heterocycles. The van der Waals surface area contributed by atoms with Crippen LogP contribution in [0.1, 0.15) is 23.2 Å². The smallest absolute Gasteiger partial charge is 0.274 e. The average molecular weight is 333 g/mol. The van der Waals surface area contributed by atoms with Gasteiger partial charge in [0, 0.05) is 25.8 Å². The van der Waals surface area contributed by atoms with E-state index in [1.165, 1.54) is 6.20 Å². The molecular formula is C12H17ClN4O3S. The summed E-state index contributed by atoms with van der Waals surface area (Å²) in [5, 5.41) is 5.25. The van der Waals surface area contributed by atoms with Crippen LogP contribution in [0.25, 0.3) is 0 Å². The van der Waals surface area contributed by atoms with Gasteiger partial charge in [0.1, 0.15) is 5.15 Å². The van der Waals surface area contributed by atoms with E-state index in [2.05, 4.69) is 9.71 Å². The third-order valence-corrected chi connectivity index (χ3v) is 4.15. The molecule has 9 heteroatoms. The highest BCUT2D eigenvalue weighted by Gasteiger charge is 2.25. The summed E-state index contributed by atoms with van der Waals surface area (Å²) in [6, 6.07) is 3.20. The van der Waals surface area contributed by atoms with Crippen LogP contribution >= 0.6 is 11.6 Å². The summed E-state index contributed by atoms with van der Waals surface area (Å²) in [7, 11) is -3.70. The highest BCUT2D eigenvalue weighted by atomic mass is 35.5. The second kappa shape index (κ2) is 6.69. The van der Waals surface area contributed by atoms with Crippen molar-refractivity contribution in [2.75, 3.05) is 19.6 Å². The predicted octanol–water partition coefficient (Wildman–Crippen LogP) is 0.380. The largest absolute Gasteiger partial charge is 0.338 e. The van der Waals surface area contributed by atoms with Crippen molar-refractivity contribution >= 4 is 27.7 Å². The molecule has 1 aromatic heterocycles. The molecular weight excluding hydrogens is 316 g/mol. The van der Waals surface area contributed by atoms with Crippen LogP contribution in [-0.4, -0.2) is 43.8 Å². The molecule has 2 heterocycles. The maximum absolute atomic E-state index is 12.3. The van der Waals surface area contributed by atoms with Crippen LogP contribution in [0.5, 0.6) is 0 Å². The summed E-state index contributed by atoms with van der Waals surface area (Å²) in [6.45, 7) is 1.37. The third-order valence-electron chi connectivity index (χ3n) is 3.35. The molecule has 0 aromatic carbocycles. The summed E-state index contributed by atoms with van der Waals surface area (Å²) in [4.78, 5) is 17.9. The number of hydrogen-bond acceptors (Lipinski definition) is 4. The molecule has 1 atom stereocenters. The Kier molecular flexibility index (Phi) is 5.15. The lowest BCUT2D eigenvalue weighted by Crippen LogP contribution is -2.44. The first-order valence-corrected chi connectivity index (χ1v) is 8.46. The molecule has 21 heavy (non-hydrogen) atoms. The van der Waals surface area contributed by atoms with Crippen LogP contribution < -0.4 is 9.86 Å². The van der Waals surface area contributed by atoms with E-state index in [0.717, 1.165) is 12.8 Å². The minimum atomic E-state index is -3.70. The molecule has 0 bridgehead atoms. The number of nitrogens with one attached hydrogen (secondary N) is 1. The number of piperidine rings is 1. The Hall–Kier alpha value is -1.22. The van der Waals surface area contributed by atoms with Gasteiger partial charge in [-0.2, -0.15) is 8.42 Å². The van der Waals surface area contributed by atoms with E-state index in [1.807, 2.05) is 0 Å². The second-order valence-electron chi connectivity index (χ2n) is 5.02. The summed E-state index contributed by atoms with van der Waals surface area (Å²) in [5.74, 6) is -0.0687.